The first-order valence-corrected chi connectivity index (χ1v) is 8.55. The van der Waals surface area contributed by atoms with Crippen molar-refractivity contribution in [2.24, 2.45) is 0 Å². The number of benzene rings is 1. The van der Waals surface area contributed by atoms with Gasteiger partial charge in [0, 0.05) is 36.1 Å². The molecule has 5 nitrogen and oxygen atoms in total. The lowest BCUT2D eigenvalue weighted by Gasteiger charge is -2.19. The number of rotatable bonds is 4. The van der Waals surface area contributed by atoms with Gasteiger partial charge in [0.1, 0.15) is 5.82 Å². The van der Waals surface area contributed by atoms with Crippen molar-refractivity contribution in [1.29, 1.82) is 0 Å². The monoisotopic (exact) mass is 332 g/mol. The van der Waals surface area contributed by atoms with Crippen LogP contribution in [0, 0.1) is 0 Å². The van der Waals surface area contributed by atoms with E-state index >= 15 is 0 Å². The lowest BCUT2D eigenvalue weighted by Crippen LogP contribution is -2.22. The average Bonchev–Trinajstić information content (AvgIpc) is 2.97. The predicted molar refractivity (Wildman–Crippen MR) is 97.2 cm³/mol. The molecule has 5 heteroatoms. The molecule has 2 aromatic heterocycles. The second-order valence-corrected chi connectivity index (χ2v) is 6.25. The molecule has 0 aliphatic heterocycles. The van der Waals surface area contributed by atoms with Gasteiger partial charge in [-0.05, 0) is 29.7 Å². The van der Waals surface area contributed by atoms with Crippen LogP contribution < -0.4 is 5.32 Å². The first kappa shape index (κ1) is 15.7. The van der Waals surface area contributed by atoms with Crippen molar-refractivity contribution >= 4 is 5.82 Å². The second kappa shape index (κ2) is 6.61. The van der Waals surface area contributed by atoms with Gasteiger partial charge >= 0.3 is 0 Å². The number of nitrogens with zero attached hydrogens (tertiary/aromatic N) is 3. The molecule has 1 aliphatic rings. The molecule has 0 saturated carbocycles. The summed E-state index contributed by atoms with van der Waals surface area (Å²) < 4.78 is 0. The van der Waals surface area contributed by atoms with E-state index in [9.17, 15) is 5.11 Å². The lowest BCUT2D eigenvalue weighted by molar-refractivity contribution is 0.165. The zero-order valence-corrected chi connectivity index (χ0v) is 14.1. The van der Waals surface area contributed by atoms with E-state index in [-0.39, 0.29) is 6.04 Å². The fraction of sp³-hybridized carbons (Fsp3) is 0.250. The molecule has 0 spiro atoms. The van der Waals surface area contributed by atoms with E-state index < -0.39 is 6.10 Å². The summed E-state index contributed by atoms with van der Waals surface area (Å²) in [5, 5.41) is 13.9. The number of pyridine rings is 1. The van der Waals surface area contributed by atoms with Crippen molar-refractivity contribution in [2.45, 2.75) is 31.9 Å². The highest BCUT2D eigenvalue weighted by Crippen LogP contribution is 2.34. The second-order valence-electron chi connectivity index (χ2n) is 6.25. The topological polar surface area (TPSA) is 70.9 Å². The Balaban J connectivity index is 1.69. The summed E-state index contributed by atoms with van der Waals surface area (Å²) in [4.78, 5) is 13.3. The molecule has 0 radical (unpaired) electrons. The van der Waals surface area contributed by atoms with E-state index in [1.807, 2.05) is 30.3 Å². The molecule has 2 N–H and O–H groups in total. The largest absolute Gasteiger partial charge is 0.390 e. The third-order valence-electron chi connectivity index (χ3n) is 4.59. The SMILES string of the molecule is CCc1cc(N[C@H]2c3ccccc3C[C@H]2O)nc(-c2ccncc2)n1. The number of nitrogens with one attached hydrogen (secondary N) is 1. The van der Waals surface area contributed by atoms with Crippen LogP contribution in [0.3, 0.4) is 0 Å². The highest BCUT2D eigenvalue weighted by Gasteiger charge is 2.31. The summed E-state index contributed by atoms with van der Waals surface area (Å²) in [7, 11) is 0. The average molecular weight is 332 g/mol. The van der Waals surface area contributed by atoms with Gasteiger partial charge in [-0.25, -0.2) is 9.97 Å². The maximum absolute atomic E-state index is 10.5. The molecule has 4 rings (SSSR count). The number of aromatic nitrogens is 3. The van der Waals surface area contributed by atoms with Gasteiger partial charge < -0.3 is 10.4 Å². The summed E-state index contributed by atoms with van der Waals surface area (Å²) in [6.07, 6.45) is 4.50. The maximum atomic E-state index is 10.5. The molecule has 2 heterocycles. The van der Waals surface area contributed by atoms with Crippen LogP contribution >= 0.6 is 0 Å². The zero-order chi connectivity index (χ0) is 17.2. The molecular weight excluding hydrogens is 312 g/mol. The van der Waals surface area contributed by atoms with Gasteiger partial charge in [0.05, 0.1) is 12.1 Å². The molecule has 126 valence electrons. The van der Waals surface area contributed by atoms with Gasteiger partial charge in [-0.15, -0.1) is 0 Å². The number of fused-ring (bicyclic) bond motifs is 1. The highest BCUT2D eigenvalue weighted by atomic mass is 16.3. The van der Waals surface area contributed by atoms with Crippen molar-refractivity contribution in [2.75, 3.05) is 5.32 Å². The minimum absolute atomic E-state index is 0.152. The highest BCUT2D eigenvalue weighted by molar-refractivity contribution is 5.57. The van der Waals surface area contributed by atoms with E-state index in [1.54, 1.807) is 12.4 Å². The van der Waals surface area contributed by atoms with Crippen molar-refractivity contribution in [3.05, 3.63) is 71.7 Å². The van der Waals surface area contributed by atoms with E-state index in [0.29, 0.717) is 12.2 Å². The Morgan fingerprint density at radius 3 is 2.72 bits per heavy atom. The smallest absolute Gasteiger partial charge is 0.161 e. The van der Waals surface area contributed by atoms with Gasteiger partial charge in [-0.3, -0.25) is 4.98 Å². The minimum Gasteiger partial charge on any atom is -0.390 e. The van der Waals surface area contributed by atoms with Gasteiger partial charge in [-0.2, -0.15) is 0 Å². The molecule has 2 atom stereocenters. The molecular formula is C20H20N4O. The summed E-state index contributed by atoms with van der Waals surface area (Å²) in [5.74, 6) is 1.41. The van der Waals surface area contributed by atoms with Crippen LogP contribution in [0.2, 0.25) is 0 Å². The third-order valence-corrected chi connectivity index (χ3v) is 4.59. The van der Waals surface area contributed by atoms with Crippen LogP contribution in [-0.4, -0.2) is 26.2 Å². The first-order chi connectivity index (χ1) is 12.2. The Kier molecular flexibility index (Phi) is 4.15. The Morgan fingerprint density at radius 1 is 1.12 bits per heavy atom. The number of aliphatic hydroxyl groups excluding tert-OH is 1. The molecule has 25 heavy (non-hydrogen) atoms. The Morgan fingerprint density at radius 2 is 1.92 bits per heavy atom. The van der Waals surface area contributed by atoms with Crippen LogP contribution in [0.25, 0.3) is 11.4 Å². The number of hydrogen-bond donors (Lipinski definition) is 2. The van der Waals surface area contributed by atoms with Crippen LogP contribution in [0.4, 0.5) is 5.82 Å². The molecule has 0 saturated heterocycles. The van der Waals surface area contributed by atoms with Gasteiger partial charge in [0.2, 0.25) is 0 Å². The lowest BCUT2D eigenvalue weighted by atomic mass is 10.1. The summed E-state index contributed by atoms with van der Waals surface area (Å²) in [6.45, 7) is 2.07. The molecule has 0 unspecified atom stereocenters. The first-order valence-electron chi connectivity index (χ1n) is 8.55. The fourth-order valence-corrected chi connectivity index (χ4v) is 3.29. The molecule has 0 amide bonds. The van der Waals surface area contributed by atoms with Crippen molar-refractivity contribution in [1.82, 2.24) is 15.0 Å². The van der Waals surface area contributed by atoms with E-state index in [0.717, 1.165) is 29.1 Å². The number of aryl methyl sites for hydroxylation is 1. The molecule has 1 aromatic carbocycles. The van der Waals surface area contributed by atoms with E-state index in [2.05, 4.69) is 39.3 Å². The maximum Gasteiger partial charge on any atom is 0.161 e. The quantitative estimate of drug-likeness (QED) is 0.768. The summed E-state index contributed by atoms with van der Waals surface area (Å²) in [6, 6.07) is 13.8. The minimum atomic E-state index is -0.457. The van der Waals surface area contributed by atoms with Crippen LogP contribution in [0.15, 0.2) is 54.9 Å². The van der Waals surface area contributed by atoms with Crippen molar-refractivity contribution in [3.8, 4) is 11.4 Å². The van der Waals surface area contributed by atoms with Gasteiger partial charge in [0.25, 0.3) is 0 Å². The molecule has 0 fully saturated rings. The van der Waals surface area contributed by atoms with Crippen molar-refractivity contribution in [3.63, 3.8) is 0 Å². The number of hydrogen-bond acceptors (Lipinski definition) is 5. The Bertz CT molecular complexity index is 882. The Hall–Kier alpha value is -2.79. The molecule has 1 aliphatic carbocycles. The third kappa shape index (κ3) is 3.10. The Labute approximate surface area is 146 Å². The zero-order valence-electron chi connectivity index (χ0n) is 14.1. The normalized spacial score (nSPS) is 18.8. The van der Waals surface area contributed by atoms with Crippen LogP contribution in [-0.2, 0) is 12.8 Å². The summed E-state index contributed by atoms with van der Waals surface area (Å²) >= 11 is 0. The predicted octanol–water partition coefficient (Wildman–Crippen LogP) is 3.17. The molecule has 3 aromatic rings. The number of anilines is 1. The van der Waals surface area contributed by atoms with Crippen LogP contribution in [0.5, 0.6) is 0 Å². The number of aliphatic hydroxyl groups is 1. The van der Waals surface area contributed by atoms with Gasteiger partial charge in [-0.1, -0.05) is 31.2 Å². The van der Waals surface area contributed by atoms with E-state index in [1.165, 1.54) is 5.56 Å². The van der Waals surface area contributed by atoms with Crippen molar-refractivity contribution < 1.29 is 5.11 Å². The summed E-state index contributed by atoms with van der Waals surface area (Å²) in [5.41, 5.74) is 4.22. The fourth-order valence-electron chi connectivity index (χ4n) is 3.29. The van der Waals surface area contributed by atoms with E-state index in [4.69, 9.17) is 0 Å². The molecule has 0 bridgehead atoms. The standard InChI is InChI=1S/C20H20N4O/c1-2-15-12-18(24-20(22-15)13-7-9-21-10-8-13)23-19-16-6-4-3-5-14(16)11-17(19)25/h3-10,12,17,19,25H,2,11H2,1H3,(H,22,23,24)/t17-,19+/m1/s1. The van der Waals surface area contributed by atoms with Gasteiger partial charge in [0.15, 0.2) is 5.82 Å². The van der Waals surface area contributed by atoms with Crippen LogP contribution in [0.1, 0.15) is 29.8 Å².